The monoisotopic (exact) mass is 299 g/mol. The fourth-order valence-corrected chi connectivity index (χ4v) is 2.11. The summed E-state index contributed by atoms with van der Waals surface area (Å²) in [5.74, 6) is 0.170. The number of hydrogen-bond donors (Lipinski definition) is 1. The lowest BCUT2D eigenvalue weighted by Gasteiger charge is -2.08. The molecule has 2 aromatic rings. The van der Waals surface area contributed by atoms with Gasteiger partial charge in [0.05, 0.1) is 10.5 Å². The van der Waals surface area contributed by atoms with Crippen molar-refractivity contribution in [3.63, 3.8) is 0 Å². The van der Waals surface area contributed by atoms with E-state index in [9.17, 15) is 15.2 Å². The summed E-state index contributed by atoms with van der Waals surface area (Å²) in [5.41, 5.74) is 2.98. The number of rotatable bonds is 4. The molecule has 0 unspecified atom stereocenters. The molecule has 0 atom stereocenters. The molecule has 116 valence electrons. The number of nitro benzene ring substituents is 1. The van der Waals surface area contributed by atoms with Gasteiger partial charge in [-0.2, -0.15) is 0 Å². The zero-order chi connectivity index (χ0) is 16.7. The third-order valence-electron chi connectivity index (χ3n) is 3.10. The summed E-state index contributed by atoms with van der Waals surface area (Å²) in [6.45, 7) is 9.53. The number of nitro groups is 1. The molecule has 0 spiro atoms. The Balaban J connectivity index is 0.00000116. The SMILES string of the molecule is C=CCc1cc(-c2cc(C)ccc2[N+](=O)[O-])ccc1O.CC. The van der Waals surface area contributed by atoms with Crippen LogP contribution in [0.4, 0.5) is 5.69 Å². The van der Waals surface area contributed by atoms with Crippen LogP contribution < -0.4 is 0 Å². The number of benzene rings is 2. The third-order valence-corrected chi connectivity index (χ3v) is 3.10. The summed E-state index contributed by atoms with van der Waals surface area (Å²) in [6, 6.07) is 10.0. The predicted octanol–water partition coefficient (Wildman–Crippen LogP) is 5.03. The second kappa shape index (κ2) is 7.98. The molecule has 0 aromatic heterocycles. The largest absolute Gasteiger partial charge is 0.508 e. The molecule has 4 nitrogen and oxygen atoms in total. The van der Waals surface area contributed by atoms with Gasteiger partial charge in [0.2, 0.25) is 0 Å². The van der Waals surface area contributed by atoms with E-state index in [2.05, 4.69) is 6.58 Å². The van der Waals surface area contributed by atoms with Crippen molar-refractivity contribution in [1.29, 1.82) is 0 Å². The fourth-order valence-electron chi connectivity index (χ4n) is 2.11. The van der Waals surface area contributed by atoms with Gasteiger partial charge in [0, 0.05) is 6.07 Å². The molecule has 0 bridgehead atoms. The maximum Gasteiger partial charge on any atom is 0.277 e. The van der Waals surface area contributed by atoms with E-state index in [0.29, 0.717) is 17.5 Å². The van der Waals surface area contributed by atoms with Gasteiger partial charge in [0.25, 0.3) is 5.69 Å². The van der Waals surface area contributed by atoms with Gasteiger partial charge in [-0.25, -0.2) is 0 Å². The van der Waals surface area contributed by atoms with E-state index in [-0.39, 0.29) is 11.4 Å². The van der Waals surface area contributed by atoms with Crippen LogP contribution in [-0.4, -0.2) is 10.0 Å². The summed E-state index contributed by atoms with van der Waals surface area (Å²) in [6.07, 6.45) is 2.20. The number of allylic oxidation sites excluding steroid dienone is 1. The number of phenols is 1. The highest BCUT2D eigenvalue weighted by molar-refractivity contribution is 5.75. The lowest BCUT2D eigenvalue weighted by Crippen LogP contribution is -1.93. The smallest absolute Gasteiger partial charge is 0.277 e. The first-order valence-corrected chi connectivity index (χ1v) is 7.21. The van der Waals surface area contributed by atoms with E-state index in [1.54, 1.807) is 36.4 Å². The summed E-state index contributed by atoms with van der Waals surface area (Å²) < 4.78 is 0. The van der Waals surface area contributed by atoms with Crippen LogP contribution in [0.3, 0.4) is 0 Å². The molecule has 0 saturated carbocycles. The molecule has 2 rings (SSSR count). The summed E-state index contributed by atoms with van der Waals surface area (Å²) in [5, 5.41) is 20.9. The van der Waals surface area contributed by atoms with E-state index >= 15 is 0 Å². The zero-order valence-electron chi connectivity index (χ0n) is 13.2. The van der Waals surface area contributed by atoms with Gasteiger partial charge in [-0.1, -0.05) is 37.6 Å². The Hall–Kier alpha value is -2.62. The Morgan fingerprint density at radius 3 is 2.50 bits per heavy atom. The highest BCUT2D eigenvalue weighted by Crippen LogP contribution is 2.33. The average Bonchev–Trinajstić information content (AvgIpc) is 2.51. The molecular weight excluding hydrogens is 278 g/mol. The number of nitrogens with zero attached hydrogens (tertiary/aromatic N) is 1. The van der Waals surface area contributed by atoms with Crippen molar-refractivity contribution in [3.05, 3.63) is 70.3 Å². The molecule has 4 heteroatoms. The van der Waals surface area contributed by atoms with E-state index in [4.69, 9.17) is 0 Å². The van der Waals surface area contributed by atoms with Gasteiger partial charge < -0.3 is 5.11 Å². The Morgan fingerprint density at radius 1 is 1.23 bits per heavy atom. The van der Waals surface area contributed by atoms with Gasteiger partial charge >= 0.3 is 0 Å². The minimum atomic E-state index is -0.394. The molecule has 0 radical (unpaired) electrons. The van der Waals surface area contributed by atoms with Gasteiger partial charge in [-0.15, -0.1) is 6.58 Å². The Kier molecular flexibility index (Phi) is 6.32. The van der Waals surface area contributed by atoms with Gasteiger partial charge in [0.15, 0.2) is 0 Å². The van der Waals surface area contributed by atoms with Crippen LogP contribution in [0.5, 0.6) is 5.75 Å². The first-order chi connectivity index (χ1) is 10.5. The zero-order valence-corrected chi connectivity index (χ0v) is 13.2. The molecule has 0 aliphatic heterocycles. The molecule has 2 aromatic carbocycles. The maximum absolute atomic E-state index is 11.1. The minimum Gasteiger partial charge on any atom is -0.508 e. The molecule has 0 amide bonds. The van der Waals surface area contributed by atoms with Crippen molar-refractivity contribution in [3.8, 4) is 16.9 Å². The normalized spacial score (nSPS) is 9.59. The van der Waals surface area contributed by atoms with Crippen LogP contribution in [0.1, 0.15) is 25.0 Å². The molecule has 1 N–H and O–H groups in total. The van der Waals surface area contributed by atoms with Crippen LogP contribution in [0, 0.1) is 17.0 Å². The number of aromatic hydroxyl groups is 1. The van der Waals surface area contributed by atoms with Crippen molar-refractivity contribution in [2.45, 2.75) is 27.2 Å². The lowest BCUT2D eigenvalue weighted by molar-refractivity contribution is -0.384. The van der Waals surface area contributed by atoms with Crippen LogP contribution in [0.15, 0.2) is 49.1 Å². The number of phenolic OH excluding ortho intramolecular Hbond substituents is 1. The van der Waals surface area contributed by atoms with Crippen molar-refractivity contribution < 1.29 is 10.0 Å². The van der Waals surface area contributed by atoms with Crippen molar-refractivity contribution in [2.75, 3.05) is 0 Å². The molecule has 0 heterocycles. The Bertz CT molecular complexity index is 678. The van der Waals surface area contributed by atoms with Crippen molar-refractivity contribution in [1.82, 2.24) is 0 Å². The van der Waals surface area contributed by atoms with Crippen LogP contribution in [-0.2, 0) is 6.42 Å². The molecular formula is C18H21NO3. The summed E-state index contributed by atoms with van der Waals surface area (Å²) in [7, 11) is 0. The number of aryl methyl sites for hydroxylation is 1. The first kappa shape index (κ1) is 17.4. The summed E-state index contributed by atoms with van der Waals surface area (Å²) >= 11 is 0. The lowest BCUT2D eigenvalue weighted by atomic mass is 9.98. The predicted molar refractivity (Wildman–Crippen MR) is 90.2 cm³/mol. The van der Waals surface area contributed by atoms with Crippen LogP contribution in [0.2, 0.25) is 0 Å². The Morgan fingerprint density at radius 2 is 1.91 bits per heavy atom. The average molecular weight is 299 g/mol. The Labute approximate surface area is 130 Å². The summed E-state index contributed by atoms with van der Waals surface area (Å²) in [4.78, 5) is 10.7. The van der Waals surface area contributed by atoms with Gasteiger partial charge in [0.1, 0.15) is 5.75 Å². The quantitative estimate of drug-likeness (QED) is 0.489. The van der Waals surface area contributed by atoms with E-state index in [0.717, 1.165) is 11.1 Å². The second-order valence-electron chi connectivity index (χ2n) is 4.61. The molecule has 22 heavy (non-hydrogen) atoms. The van der Waals surface area contributed by atoms with Crippen molar-refractivity contribution in [2.24, 2.45) is 0 Å². The number of hydrogen-bond acceptors (Lipinski definition) is 3. The van der Waals surface area contributed by atoms with E-state index < -0.39 is 4.92 Å². The minimum absolute atomic E-state index is 0.0610. The fraction of sp³-hybridized carbons (Fsp3) is 0.222. The van der Waals surface area contributed by atoms with Crippen LogP contribution in [0.25, 0.3) is 11.1 Å². The van der Waals surface area contributed by atoms with Crippen molar-refractivity contribution >= 4 is 5.69 Å². The molecule has 0 fully saturated rings. The van der Waals surface area contributed by atoms with E-state index in [1.165, 1.54) is 6.07 Å². The van der Waals surface area contributed by atoms with Gasteiger partial charge in [-0.05, 0) is 42.7 Å². The molecule has 0 saturated heterocycles. The second-order valence-corrected chi connectivity index (χ2v) is 4.61. The van der Waals surface area contributed by atoms with Crippen LogP contribution >= 0.6 is 0 Å². The maximum atomic E-state index is 11.1. The highest BCUT2D eigenvalue weighted by atomic mass is 16.6. The topological polar surface area (TPSA) is 63.4 Å². The van der Waals surface area contributed by atoms with E-state index in [1.807, 2.05) is 20.8 Å². The molecule has 0 aliphatic carbocycles. The standard InChI is InChI=1S/C16H15NO3.C2H6/c1-3-4-13-10-12(6-8-16(13)18)14-9-11(2)5-7-15(14)17(19)20;1-2/h3,5-10,18H,1,4H2,2H3;1-2H3. The third kappa shape index (κ3) is 3.95. The van der Waals surface area contributed by atoms with Gasteiger partial charge in [-0.3, -0.25) is 10.1 Å². The molecule has 0 aliphatic rings. The first-order valence-electron chi connectivity index (χ1n) is 7.21. The highest BCUT2D eigenvalue weighted by Gasteiger charge is 2.16.